The van der Waals surface area contributed by atoms with Crippen molar-refractivity contribution in [2.75, 3.05) is 0 Å². The number of carbonyl (C=O) groups is 1. The van der Waals surface area contributed by atoms with Crippen LogP contribution in [0.3, 0.4) is 0 Å². The van der Waals surface area contributed by atoms with Crippen molar-refractivity contribution in [3.63, 3.8) is 0 Å². The Labute approximate surface area is 99.8 Å². The average molecular weight is 226 g/mol. The molecule has 0 atom stereocenters. The van der Waals surface area contributed by atoms with Crippen LogP contribution in [0.2, 0.25) is 0 Å². The molecule has 1 fully saturated rings. The number of ether oxygens (including phenoxy) is 1. The van der Waals surface area contributed by atoms with E-state index in [1.54, 1.807) is 0 Å². The number of carbonyl (C=O) groups excluding carboxylic acids is 1. The molecule has 16 heavy (non-hydrogen) atoms. The van der Waals surface area contributed by atoms with E-state index < -0.39 is 0 Å². The Morgan fingerprint density at radius 2 is 1.69 bits per heavy atom. The maximum Gasteiger partial charge on any atom is 0.138 e. The molecule has 0 spiro atoms. The summed E-state index contributed by atoms with van der Waals surface area (Å²) in [6, 6.07) is 0. The molecule has 0 aromatic rings. The molecule has 2 heteroatoms. The van der Waals surface area contributed by atoms with Gasteiger partial charge in [-0.15, -0.1) is 0 Å². The summed E-state index contributed by atoms with van der Waals surface area (Å²) in [6.07, 6.45) is 6.66. The van der Waals surface area contributed by atoms with Crippen molar-refractivity contribution in [2.45, 2.75) is 77.9 Å². The lowest BCUT2D eigenvalue weighted by atomic mass is 9.79. The summed E-state index contributed by atoms with van der Waals surface area (Å²) in [5, 5.41) is 0. The van der Waals surface area contributed by atoms with Crippen LogP contribution in [0.25, 0.3) is 0 Å². The Hall–Kier alpha value is -0.370. The monoisotopic (exact) mass is 226 g/mol. The zero-order valence-electron chi connectivity index (χ0n) is 11.2. The first kappa shape index (κ1) is 13.7. The SMILES string of the molecule is CC(C)OC1(CC(=O)C(C)C)CCCCC1. The van der Waals surface area contributed by atoms with Crippen molar-refractivity contribution in [1.29, 1.82) is 0 Å². The fourth-order valence-corrected chi connectivity index (χ4v) is 2.55. The maximum absolute atomic E-state index is 11.9. The number of ketones is 1. The molecule has 0 aromatic carbocycles. The zero-order valence-corrected chi connectivity index (χ0v) is 11.2. The van der Waals surface area contributed by atoms with Gasteiger partial charge in [-0.25, -0.2) is 0 Å². The molecule has 0 N–H and O–H groups in total. The van der Waals surface area contributed by atoms with Gasteiger partial charge in [0.1, 0.15) is 5.78 Å². The largest absolute Gasteiger partial charge is 0.372 e. The number of Topliss-reactive ketones (excluding diaryl/α,β-unsaturated/α-hetero) is 1. The van der Waals surface area contributed by atoms with Crippen molar-refractivity contribution < 1.29 is 9.53 Å². The van der Waals surface area contributed by atoms with E-state index in [9.17, 15) is 4.79 Å². The Bertz CT molecular complexity index is 225. The standard InChI is InChI=1S/C14H26O2/c1-11(2)13(15)10-14(16-12(3)4)8-6-5-7-9-14/h11-12H,5-10H2,1-4H3. The molecule has 0 aromatic heterocycles. The third-order valence-corrected chi connectivity index (χ3v) is 3.39. The van der Waals surface area contributed by atoms with Gasteiger partial charge in [0.05, 0.1) is 11.7 Å². The second-order valence-corrected chi connectivity index (χ2v) is 5.71. The van der Waals surface area contributed by atoms with Crippen molar-refractivity contribution in [3.05, 3.63) is 0 Å². The average Bonchev–Trinajstić information content (AvgIpc) is 2.17. The molecule has 0 amide bonds. The van der Waals surface area contributed by atoms with E-state index in [0.29, 0.717) is 12.2 Å². The van der Waals surface area contributed by atoms with Gasteiger partial charge in [-0.05, 0) is 26.7 Å². The minimum Gasteiger partial charge on any atom is -0.372 e. The van der Waals surface area contributed by atoms with Gasteiger partial charge in [0.25, 0.3) is 0 Å². The Morgan fingerprint density at radius 1 is 1.12 bits per heavy atom. The van der Waals surface area contributed by atoms with E-state index in [0.717, 1.165) is 12.8 Å². The number of hydrogen-bond donors (Lipinski definition) is 0. The maximum atomic E-state index is 11.9. The fraction of sp³-hybridized carbons (Fsp3) is 0.929. The third-order valence-electron chi connectivity index (χ3n) is 3.39. The molecular formula is C14H26O2. The predicted octanol–water partition coefficient (Wildman–Crippen LogP) is 3.73. The van der Waals surface area contributed by atoms with Crippen molar-refractivity contribution in [1.82, 2.24) is 0 Å². The quantitative estimate of drug-likeness (QED) is 0.714. The minimum absolute atomic E-state index is 0.134. The van der Waals surface area contributed by atoms with Crippen LogP contribution in [0.4, 0.5) is 0 Å². The highest BCUT2D eigenvalue weighted by molar-refractivity contribution is 5.81. The summed E-state index contributed by atoms with van der Waals surface area (Å²) in [4.78, 5) is 11.9. The van der Waals surface area contributed by atoms with Crippen LogP contribution in [0.5, 0.6) is 0 Å². The molecule has 2 nitrogen and oxygen atoms in total. The first-order valence-corrected chi connectivity index (χ1v) is 6.66. The van der Waals surface area contributed by atoms with Gasteiger partial charge < -0.3 is 4.74 Å². The van der Waals surface area contributed by atoms with Crippen LogP contribution in [-0.2, 0) is 9.53 Å². The van der Waals surface area contributed by atoms with Gasteiger partial charge in [-0.2, -0.15) is 0 Å². The van der Waals surface area contributed by atoms with E-state index in [1.165, 1.54) is 19.3 Å². The van der Waals surface area contributed by atoms with Crippen LogP contribution in [0.1, 0.15) is 66.2 Å². The molecule has 1 rings (SSSR count). The van der Waals surface area contributed by atoms with Gasteiger partial charge in [0, 0.05) is 12.3 Å². The summed E-state index contributed by atoms with van der Waals surface area (Å²) < 4.78 is 6.08. The lowest BCUT2D eigenvalue weighted by Gasteiger charge is -2.38. The molecule has 1 saturated carbocycles. The van der Waals surface area contributed by atoms with Gasteiger partial charge in [0.2, 0.25) is 0 Å². The van der Waals surface area contributed by atoms with Crippen molar-refractivity contribution in [3.8, 4) is 0 Å². The van der Waals surface area contributed by atoms with Crippen LogP contribution in [0, 0.1) is 5.92 Å². The molecule has 94 valence electrons. The summed E-state index contributed by atoms with van der Waals surface area (Å²) in [6.45, 7) is 8.09. The zero-order chi connectivity index (χ0) is 12.2. The van der Waals surface area contributed by atoms with Crippen LogP contribution < -0.4 is 0 Å². The normalized spacial score (nSPS) is 20.4. The van der Waals surface area contributed by atoms with Crippen molar-refractivity contribution >= 4 is 5.78 Å². The summed E-state index contributed by atoms with van der Waals surface area (Å²) >= 11 is 0. The minimum atomic E-state index is -0.145. The van der Waals surface area contributed by atoms with E-state index in [2.05, 4.69) is 13.8 Å². The van der Waals surface area contributed by atoms with Gasteiger partial charge >= 0.3 is 0 Å². The lowest BCUT2D eigenvalue weighted by molar-refractivity contribution is -0.139. The highest BCUT2D eigenvalue weighted by Crippen LogP contribution is 2.36. The van der Waals surface area contributed by atoms with Crippen LogP contribution >= 0.6 is 0 Å². The molecule has 0 bridgehead atoms. The number of hydrogen-bond acceptors (Lipinski definition) is 2. The summed E-state index contributed by atoms with van der Waals surface area (Å²) in [5.41, 5.74) is -0.145. The Kier molecular flexibility index (Phi) is 4.97. The fourth-order valence-electron chi connectivity index (χ4n) is 2.55. The first-order valence-electron chi connectivity index (χ1n) is 6.66. The van der Waals surface area contributed by atoms with Crippen molar-refractivity contribution in [2.24, 2.45) is 5.92 Å². The van der Waals surface area contributed by atoms with Crippen LogP contribution in [0.15, 0.2) is 0 Å². The molecule has 0 aliphatic heterocycles. The predicted molar refractivity (Wildman–Crippen MR) is 66.5 cm³/mol. The van der Waals surface area contributed by atoms with E-state index in [1.807, 2.05) is 13.8 Å². The number of rotatable bonds is 5. The first-order chi connectivity index (χ1) is 7.45. The molecule has 1 aliphatic carbocycles. The van der Waals surface area contributed by atoms with Crippen LogP contribution in [-0.4, -0.2) is 17.5 Å². The van der Waals surface area contributed by atoms with Gasteiger partial charge in [-0.1, -0.05) is 33.1 Å². The Morgan fingerprint density at radius 3 is 2.12 bits per heavy atom. The molecular weight excluding hydrogens is 200 g/mol. The summed E-state index contributed by atoms with van der Waals surface area (Å²) in [7, 11) is 0. The van der Waals surface area contributed by atoms with E-state index >= 15 is 0 Å². The molecule has 0 heterocycles. The van der Waals surface area contributed by atoms with Gasteiger partial charge in [-0.3, -0.25) is 4.79 Å². The Balaban J connectivity index is 2.66. The second-order valence-electron chi connectivity index (χ2n) is 5.71. The summed E-state index contributed by atoms with van der Waals surface area (Å²) in [5.74, 6) is 0.483. The van der Waals surface area contributed by atoms with E-state index in [4.69, 9.17) is 4.74 Å². The van der Waals surface area contributed by atoms with Gasteiger partial charge in [0.15, 0.2) is 0 Å². The topological polar surface area (TPSA) is 26.3 Å². The highest BCUT2D eigenvalue weighted by atomic mass is 16.5. The van der Waals surface area contributed by atoms with E-state index in [-0.39, 0.29) is 17.6 Å². The lowest BCUT2D eigenvalue weighted by Crippen LogP contribution is -2.40. The third kappa shape index (κ3) is 3.89. The smallest absolute Gasteiger partial charge is 0.138 e. The highest BCUT2D eigenvalue weighted by Gasteiger charge is 2.36. The molecule has 1 aliphatic rings. The molecule has 0 unspecified atom stereocenters. The molecule has 0 saturated heterocycles. The molecule has 0 radical (unpaired) electrons. The second kappa shape index (κ2) is 5.81.